The molecule has 5 rings (SSSR count). The predicted molar refractivity (Wildman–Crippen MR) is 147 cm³/mol. The molecule has 0 aliphatic carbocycles. The molecule has 0 atom stereocenters. The van der Waals surface area contributed by atoms with Crippen molar-refractivity contribution in [3.05, 3.63) is 113 Å². The van der Waals surface area contributed by atoms with Crippen molar-refractivity contribution in [1.29, 1.82) is 0 Å². The van der Waals surface area contributed by atoms with E-state index in [1.54, 1.807) is 30.3 Å². The molecule has 4 aromatic rings. The Balaban J connectivity index is 1.19. The average molecular weight is 509 g/mol. The van der Waals surface area contributed by atoms with E-state index in [1.165, 1.54) is 4.90 Å². The summed E-state index contributed by atoms with van der Waals surface area (Å²) in [6.45, 7) is 2.06. The SMILES string of the molecule is Cc1cccc(NC(=O)COc2ccc(/C=C3\SC(=O)N(Cc4ccc5ccccc5c4)C3=O)cc2)c1. The lowest BCUT2D eigenvalue weighted by molar-refractivity contribution is -0.123. The molecule has 1 saturated heterocycles. The van der Waals surface area contributed by atoms with E-state index in [1.807, 2.05) is 73.7 Å². The lowest BCUT2D eigenvalue weighted by Gasteiger charge is -2.13. The molecule has 1 fully saturated rings. The Morgan fingerprint density at radius 2 is 1.70 bits per heavy atom. The Morgan fingerprint density at radius 1 is 0.919 bits per heavy atom. The van der Waals surface area contributed by atoms with E-state index in [2.05, 4.69) is 5.32 Å². The molecule has 0 unspecified atom stereocenters. The summed E-state index contributed by atoms with van der Waals surface area (Å²) in [5.74, 6) is -0.0352. The summed E-state index contributed by atoms with van der Waals surface area (Å²) in [5.41, 5.74) is 3.43. The number of hydrogen-bond donors (Lipinski definition) is 1. The number of carbonyl (C=O) groups is 3. The maximum absolute atomic E-state index is 13.0. The molecule has 0 saturated carbocycles. The van der Waals surface area contributed by atoms with Gasteiger partial charge in [0.25, 0.3) is 17.1 Å². The molecule has 4 aromatic carbocycles. The van der Waals surface area contributed by atoms with Gasteiger partial charge in [0.1, 0.15) is 5.75 Å². The number of ether oxygens (including phenoxy) is 1. The number of hydrogen-bond acceptors (Lipinski definition) is 5. The van der Waals surface area contributed by atoms with Gasteiger partial charge in [-0.25, -0.2) is 0 Å². The van der Waals surface area contributed by atoms with E-state index in [0.717, 1.165) is 44.9 Å². The Morgan fingerprint density at radius 3 is 2.49 bits per heavy atom. The molecule has 1 N–H and O–H groups in total. The molecule has 0 bridgehead atoms. The summed E-state index contributed by atoms with van der Waals surface area (Å²) < 4.78 is 5.58. The number of aryl methyl sites for hydroxylation is 1. The molecule has 184 valence electrons. The smallest absolute Gasteiger partial charge is 0.293 e. The molecular weight excluding hydrogens is 484 g/mol. The second kappa shape index (κ2) is 10.7. The van der Waals surface area contributed by atoms with Crippen LogP contribution in [0.2, 0.25) is 0 Å². The normalized spacial score (nSPS) is 14.4. The van der Waals surface area contributed by atoms with Crippen molar-refractivity contribution < 1.29 is 19.1 Å². The summed E-state index contributed by atoms with van der Waals surface area (Å²) in [5, 5.41) is 4.69. The topological polar surface area (TPSA) is 75.7 Å². The van der Waals surface area contributed by atoms with E-state index in [9.17, 15) is 14.4 Å². The highest BCUT2D eigenvalue weighted by Gasteiger charge is 2.35. The highest BCUT2D eigenvalue weighted by atomic mass is 32.2. The van der Waals surface area contributed by atoms with Crippen LogP contribution >= 0.6 is 11.8 Å². The minimum atomic E-state index is -0.309. The molecule has 7 heteroatoms. The Bertz CT molecular complexity index is 1530. The molecule has 0 radical (unpaired) electrons. The second-order valence-corrected chi connectivity index (χ2v) is 9.72. The molecule has 37 heavy (non-hydrogen) atoms. The van der Waals surface area contributed by atoms with Gasteiger partial charge in [-0.05, 0) is 82.6 Å². The van der Waals surface area contributed by atoms with Crippen LogP contribution in [0.4, 0.5) is 10.5 Å². The second-order valence-electron chi connectivity index (χ2n) is 8.72. The predicted octanol–water partition coefficient (Wildman–Crippen LogP) is 6.40. The fourth-order valence-electron chi connectivity index (χ4n) is 4.04. The third-order valence-electron chi connectivity index (χ3n) is 5.88. The quantitative estimate of drug-likeness (QED) is 0.292. The number of carbonyl (C=O) groups excluding carboxylic acids is 3. The number of anilines is 1. The van der Waals surface area contributed by atoms with Crippen LogP contribution in [-0.4, -0.2) is 28.6 Å². The van der Waals surface area contributed by atoms with Crippen LogP contribution in [-0.2, 0) is 16.1 Å². The summed E-state index contributed by atoms with van der Waals surface area (Å²) in [6.07, 6.45) is 1.69. The van der Waals surface area contributed by atoms with Gasteiger partial charge in [-0.15, -0.1) is 0 Å². The maximum atomic E-state index is 13.0. The summed E-state index contributed by atoms with van der Waals surface area (Å²) >= 11 is 0.934. The number of thioether (sulfide) groups is 1. The van der Waals surface area contributed by atoms with Crippen molar-refractivity contribution in [2.45, 2.75) is 13.5 Å². The maximum Gasteiger partial charge on any atom is 0.293 e. The van der Waals surface area contributed by atoms with Gasteiger partial charge >= 0.3 is 0 Å². The fourth-order valence-corrected chi connectivity index (χ4v) is 4.87. The number of fused-ring (bicyclic) bond motifs is 1. The molecule has 3 amide bonds. The van der Waals surface area contributed by atoms with Crippen molar-refractivity contribution in [2.75, 3.05) is 11.9 Å². The number of rotatable bonds is 7. The first-order valence-electron chi connectivity index (χ1n) is 11.8. The Hall–Kier alpha value is -4.36. The highest BCUT2D eigenvalue weighted by molar-refractivity contribution is 8.18. The number of imide groups is 1. The van der Waals surface area contributed by atoms with E-state index < -0.39 is 0 Å². The standard InChI is InChI=1S/C30H24N2O4S/c1-20-5-4-8-25(15-20)31-28(33)19-36-26-13-10-21(11-14-26)17-27-29(34)32(30(35)37-27)18-22-9-12-23-6-2-3-7-24(23)16-22/h2-17H,18-19H2,1H3,(H,31,33)/b27-17-. The van der Waals surface area contributed by atoms with Crippen molar-refractivity contribution in [1.82, 2.24) is 4.90 Å². The van der Waals surface area contributed by atoms with Crippen LogP contribution in [0.5, 0.6) is 5.75 Å². The lowest BCUT2D eigenvalue weighted by Crippen LogP contribution is -2.27. The minimum absolute atomic E-state index is 0.124. The van der Waals surface area contributed by atoms with Crippen LogP contribution in [0.25, 0.3) is 16.8 Å². The average Bonchev–Trinajstić information content (AvgIpc) is 3.15. The zero-order chi connectivity index (χ0) is 25.8. The zero-order valence-electron chi connectivity index (χ0n) is 20.1. The van der Waals surface area contributed by atoms with Crippen LogP contribution in [0.15, 0.2) is 95.9 Å². The van der Waals surface area contributed by atoms with Gasteiger partial charge in [-0.3, -0.25) is 19.3 Å². The molecule has 1 aliphatic heterocycles. The Labute approximate surface area is 218 Å². The zero-order valence-corrected chi connectivity index (χ0v) is 21.0. The van der Waals surface area contributed by atoms with Crippen LogP contribution in [0, 0.1) is 6.92 Å². The van der Waals surface area contributed by atoms with Gasteiger partial charge < -0.3 is 10.1 Å². The van der Waals surface area contributed by atoms with Gasteiger partial charge in [0, 0.05) is 5.69 Å². The number of amides is 3. The van der Waals surface area contributed by atoms with E-state index in [0.29, 0.717) is 10.7 Å². The van der Waals surface area contributed by atoms with Gasteiger partial charge in [0.15, 0.2) is 6.61 Å². The van der Waals surface area contributed by atoms with E-state index in [-0.39, 0.29) is 30.2 Å². The van der Waals surface area contributed by atoms with Gasteiger partial charge in [0.2, 0.25) is 0 Å². The first-order valence-corrected chi connectivity index (χ1v) is 12.6. The van der Waals surface area contributed by atoms with E-state index >= 15 is 0 Å². The largest absolute Gasteiger partial charge is 0.484 e. The van der Waals surface area contributed by atoms with Crippen molar-refractivity contribution in [2.24, 2.45) is 0 Å². The first kappa shape index (κ1) is 24.3. The summed E-state index contributed by atoms with van der Waals surface area (Å²) in [7, 11) is 0. The van der Waals surface area contributed by atoms with Crippen molar-refractivity contribution in [3.63, 3.8) is 0 Å². The third-order valence-corrected chi connectivity index (χ3v) is 6.79. The van der Waals surface area contributed by atoms with Gasteiger partial charge in [0.05, 0.1) is 11.4 Å². The number of nitrogens with zero attached hydrogens (tertiary/aromatic N) is 1. The van der Waals surface area contributed by atoms with Crippen LogP contribution in [0.3, 0.4) is 0 Å². The van der Waals surface area contributed by atoms with Crippen molar-refractivity contribution in [3.8, 4) is 5.75 Å². The van der Waals surface area contributed by atoms with Crippen molar-refractivity contribution >= 4 is 51.4 Å². The molecular formula is C30H24N2O4S. The molecule has 0 aromatic heterocycles. The summed E-state index contributed by atoms with van der Waals surface area (Å²) in [6, 6.07) is 28.5. The number of nitrogens with one attached hydrogen (secondary N) is 1. The monoisotopic (exact) mass is 508 g/mol. The minimum Gasteiger partial charge on any atom is -0.484 e. The number of benzene rings is 4. The lowest BCUT2D eigenvalue weighted by atomic mass is 10.1. The Kier molecular flexibility index (Phi) is 7.05. The first-order chi connectivity index (χ1) is 17.9. The molecule has 6 nitrogen and oxygen atoms in total. The summed E-state index contributed by atoms with van der Waals surface area (Å²) in [4.78, 5) is 39.3. The van der Waals surface area contributed by atoms with Gasteiger partial charge in [-0.2, -0.15) is 0 Å². The molecule has 1 heterocycles. The fraction of sp³-hybridized carbons (Fsp3) is 0.100. The van der Waals surface area contributed by atoms with Crippen LogP contribution < -0.4 is 10.1 Å². The van der Waals surface area contributed by atoms with Crippen LogP contribution in [0.1, 0.15) is 16.7 Å². The highest BCUT2D eigenvalue weighted by Crippen LogP contribution is 2.34. The van der Waals surface area contributed by atoms with Gasteiger partial charge in [-0.1, -0.05) is 60.7 Å². The van der Waals surface area contributed by atoms with E-state index in [4.69, 9.17) is 4.74 Å². The third kappa shape index (κ3) is 5.90. The molecule has 0 spiro atoms. The molecule has 1 aliphatic rings.